The van der Waals surface area contributed by atoms with Crippen LogP contribution in [0.1, 0.15) is 49.8 Å². The third-order valence-electron chi connectivity index (χ3n) is 6.59. The molecule has 42 heavy (non-hydrogen) atoms. The predicted octanol–water partition coefficient (Wildman–Crippen LogP) is 6.50. The molecule has 222 valence electrons. The standard InChI is InChI=1S/C32H37N3O5S2/c1-32(2,3)40-30(37)33-19-21-13-15-22(16-14-21)42-35-29(36)28(17-18-41-4)34-31(38)39-20-27-25-11-7-5-9-23(25)24-10-6-8-12-26(24)27/h5-16,27-28H,17-20H2,1-4H3,(H,33,37)(H,34,38)(H,35,36). The number of fused-ring (bicyclic) bond motifs is 3. The number of benzene rings is 3. The SMILES string of the molecule is CSCCC(NC(=O)OCC1c2ccccc2-c2ccccc21)C(=O)NSc1ccc(CNC(=O)OC(C)(C)C)cc1. The summed E-state index contributed by atoms with van der Waals surface area (Å²) in [4.78, 5) is 38.6. The van der Waals surface area contributed by atoms with Gasteiger partial charge >= 0.3 is 12.2 Å². The molecule has 3 N–H and O–H groups in total. The van der Waals surface area contributed by atoms with Crippen LogP contribution in [-0.2, 0) is 20.8 Å². The van der Waals surface area contributed by atoms with Gasteiger partial charge in [-0.05, 0) is 91.1 Å². The zero-order chi connectivity index (χ0) is 30.1. The molecule has 3 aromatic carbocycles. The van der Waals surface area contributed by atoms with Gasteiger partial charge in [-0.2, -0.15) is 11.8 Å². The second-order valence-corrected chi connectivity index (χ2v) is 12.7. The van der Waals surface area contributed by atoms with Crippen molar-refractivity contribution in [3.05, 3.63) is 89.5 Å². The number of carbonyl (C=O) groups excluding carboxylic acids is 3. The molecule has 10 heteroatoms. The van der Waals surface area contributed by atoms with Gasteiger partial charge in [0.25, 0.3) is 5.91 Å². The molecule has 0 fully saturated rings. The Balaban J connectivity index is 1.28. The van der Waals surface area contributed by atoms with Crippen LogP contribution < -0.4 is 15.4 Å². The molecule has 4 rings (SSSR count). The van der Waals surface area contributed by atoms with E-state index in [-0.39, 0.29) is 18.4 Å². The van der Waals surface area contributed by atoms with Gasteiger partial charge in [0, 0.05) is 17.4 Å². The molecule has 0 saturated carbocycles. The molecule has 0 saturated heterocycles. The minimum atomic E-state index is -0.738. The van der Waals surface area contributed by atoms with Crippen molar-refractivity contribution in [1.29, 1.82) is 0 Å². The molecular weight excluding hydrogens is 571 g/mol. The van der Waals surface area contributed by atoms with E-state index in [1.165, 1.54) is 11.9 Å². The number of ether oxygens (including phenoxy) is 2. The molecule has 0 bridgehead atoms. The summed E-state index contributed by atoms with van der Waals surface area (Å²) < 4.78 is 13.8. The molecule has 1 aliphatic rings. The molecule has 1 aliphatic carbocycles. The minimum absolute atomic E-state index is 0.0560. The number of alkyl carbamates (subject to hydrolysis) is 2. The lowest BCUT2D eigenvalue weighted by atomic mass is 9.98. The van der Waals surface area contributed by atoms with Crippen LogP contribution in [0.5, 0.6) is 0 Å². The van der Waals surface area contributed by atoms with Gasteiger partial charge in [0.1, 0.15) is 18.2 Å². The highest BCUT2D eigenvalue weighted by Gasteiger charge is 2.30. The van der Waals surface area contributed by atoms with Crippen LogP contribution in [-0.4, -0.2) is 48.4 Å². The number of thioether (sulfide) groups is 1. The zero-order valence-corrected chi connectivity index (χ0v) is 25.9. The molecule has 1 atom stereocenters. The lowest BCUT2D eigenvalue weighted by Crippen LogP contribution is -2.45. The Morgan fingerprint density at radius 2 is 1.50 bits per heavy atom. The van der Waals surface area contributed by atoms with Crippen molar-refractivity contribution in [3.8, 4) is 11.1 Å². The van der Waals surface area contributed by atoms with Crippen molar-refractivity contribution in [3.63, 3.8) is 0 Å². The van der Waals surface area contributed by atoms with Crippen LogP contribution in [0.2, 0.25) is 0 Å². The van der Waals surface area contributed by atoms with Gasteiger partial charge in [-0.15, -0.1) is 0 Å². The fraction of sp³-hybridized carbons (Fsp3) is 0.344. The fourth-order valence-corrected chi connectivity index (χ4v) is 5.74. The van der Waals surface area contributed by atoms with Gasteiger partial charge in [0.05, 0.1) is 0 Å². The van der Waals surface area contributed by atoms with E-state index in [1.54, 1.807) is 11.8 Å². The summed E-state index contributed by atoms with van der Waals surface area (Å²) in [7, 11) is 0. The largest absolute Gasteiger partial charge is 0.449 e. The van der Waals surface area contributed by atoms with Crippen LogP contribution >= 0.6 is 23.7 Å². The van der Waals surface area contributed by atoms with Gasteiger partial charge in [-0.3, -0.25) is 9.52 Å². The summed E-state index contributed by atoms with van der Waals surface area (Å²) in [6.45, 7) is 5.94. The van der Waals surface area contributed by atoms with E-state index in [0.717, 1.165) is 32.7 Å². The van der Waals surface area contributed by atoms with E-state index >= 15 is 0 Å². The summed E-state index contributed by atoms with van der Waals surface area (Å²) in [6, 6.07) is 23.0. The maximum absolute atomic E-state index is 13.0. The highest BCUT2D eigenvalue weighted by Crippen LogP contribution is 2.44. The molecule has 1 unspecified atom stereocenters. The molecular formula is C32H37N3O5S2. The Kier molecular flexibility index (Phi) is 10.8. The van der Waals surface area contributed by atoms with Gasteiger partial charge in [0.15, 0.2) is 0 Å². The first-order valence-corrected chi connectivity index (χ1v) is 16.0. The van der Waals surface area contributed by atoms with E-state index in [4.69, 9.17) is 9.47 Å². The highest BCUT2D eigenvalue weighted by atomic mass is 32.2. The van der Waals surface area contributed by atoms with Crippen LogP contribution in [0, 0.1) is 0 Å². The first kappa shape index (κ1) is 31.3. The smallest absolute Gasteiger partial charge is 0.407 e. The summed E-state index contributed by atoms with van der Waals surface area (Å²) in [6.07, 6.45) is 1.32. The van der Waals surface area contributed by atoms with Crippen molar-refractivity contribution >= 4 is 41.8 Å². The van der Waals surface area contributed by atoms with Crippen LogP contribution in [0.15, 0.2) is 77.7 Å². The molecule has 3 amide bonds. The van der Waals surface area contributed by atoms with Crippen molar-refractivity contribution < 1.29 is 23.9 Å². The normalized spacial score (nSPS) is 13.0. The summed E-state index contributed by atoms with van der Waals surface area (Å²) >= 11 is 2.77. The fourth-order valence-electron chi connectivity index (χ4n) is 4.63. The van der Waals surface area contributed by atoms with Gasteiger partial charge < -0.3 is 20.1 Å². The number of amides is 3. The minimum Gasteiger partial charge on any atom is -0.449 e. The lowest BCUT2D eigenvalue weighted by molar-refractivity contribution is -0.121. The number of carbonyl (C=O) groups is 3. The number of nitrogens with one attached hydrogen (secondary N) is 3. The molecule has 0 heterocycles. The molecule has 0 aromatic heterocycles. The van der Waals surface area contributed by atoms with Crippen LogP contribution in [0.4, 0.5) is 9.59 Å². The maximum Gasteiger partial charge on any atom is 0.407 e. The summed E-state index contributed by atoms with van der Waals surface area (Å²) in [5, 5.41) is 5.48. The molecule has 0 radical (unpaired) electrons. The molecule has 3 aromatic rings. The van der Waals surface area contributed by atoms with Crippen LogP contribution in [0.25, 0.3) is 11.1 Å². The topological polar surface area (TPSA) is 106 Å². The van der Waals surface area contributed by atoms with Crippen molar-refractivity contribution in [2.45, 2.75) is 56.2 Å². The van der Waals surface area contributed by atoms with E-state index in [0.29, 0.717) is 18.7 Å². The van der Waals surface area contributed by atoms with Crippen molar-refractivity contribution in [2.75, 3.05) is 18.6 Å². The van der Waals surface area contributed by atoms with Gasteiger partial charge in [-0.1, -0.05) is 60.7 Å². The number of hydrogen-bond donors (Lipinski definition) is 3. The predicted molar refractivity (Wildman–Crippen MR) is 169 cm³/mol. The maximum atomic E-state index is 13.0. The quantitative estimate of drug-likeness (QED) is 0.214. The average molecular weight is 608 g/mol. The number of hydrogen-bond acceptors (Lipinski definition) is 7. The first-order chi connectivity index (χ1) is 20.1. The zero-order valence-electron chi connectivity index (χ0n) is 24.3. The van der Waals surface area contributed by atoms with Crippen LogP contribution in [0.3, 0.4) is 0 Å². The Hall–Kier alpha value is -3.63. The monoisotopic (exact) mass is 607 g/mol. The van der Waals surface area contributed by atoms with Crippen molar-refractivity contribution in [1.82, 2.24) is 15.4 Å². The lowest BCUT2D eigenvalue weighted by Gasteiger charge is -2.20. The Bertz CT molecular complexity index is 1350. The van der Waals surface area contributed by atoms with Gasteiger partial charge in [0.2, 0.25) is 0 Å². The Morgan fingerprint density at radius 1 is 0.881 bits per heavy atom. The average Bonchev–Trinajstić information content (AvgIpc) is 3.29. The first-order valence-electron chi connectivity index (χ1n) is 13.8. The Morgan fingerprint density at radius 3 is 2.10 bits per heavy atom. The Labute approximate surface area is 255 Å². The second-order valence-electron chi connectivity index (χ2n) is 10.9. The third-order valence-corrected chi connectivity index (χ3v) is 8.05. The molecule has 0 spiro atoms. The number of rotatable bonds is 11. The highest BCUT2D eigenvalue weighted by molar-refractivity contribution is 7.98. The molecule has 0 aliphatic heterocycles. The van der Waals surface area contributed by atoms with Gasteiger partial charge in [-0.25, -0.2) is 9.59 Å². The van der Waals surface area contributed by atoms with E-state index in [9.17, 15) is 14.4 Å². The second kappa shape index (κ2) is 14.5. The summed E-state index contributed by atoms with van der Waals surface area (Å²) in [5.74, 6) is 0.337. The summed E-state index contributed by atoms with van der Waals surface area (Å²) in [5.41, 5.74) is 4.91. The van der Waals surface area contributed by atoms with E-state index in [1.807, 2.05) is 75.6 Å². The molecule has 8 nitrogen and oxygen atoms in total. The third kappa shape index (κ3) is 8.69. The van der Waals surface area contributed by atoms with E-state index < -0.39 is 23.8 Å². The van der Waals surface area contributed by atoms with E-state index in [2.05, 4.69) is 39.6 Å². The van der Waals surface area contributed by atoms with Crippen molar-refractivity contribution in [2.24, 2.45) is 0 Å².